The lowest BCUT2D eigenvalue weighted by molar-refractivity contribution is 0.0893. The Morgan fingerprint density at radius 1 is 1.14 bits per heavy atom. The average molecular weight is 302 g/mol. The first-order valence-corrected chi connectivity index (χ1v) is 7.24. The van der Waals surface area contributed by atoms with Crippen molar-refractivity contribution >= 4 is 5.91 Å². The number of hydrogen-bond acceptors (Lipinski definition) is 5. The highest BCUT2D eigenvalue weighted by molar-refractivity contribution is 5.91. The molecule has 0 aliphatic carbocycles. The summed E-state index contributed by atoms with van der Waals surface area (Å²) in [5.41, 5.74) is 0. The molecule has 0 fully saturated rings. The smallest absolute Gasteiger partial charge is 0.287 e. The normalized spacial score (nSPS) is 16.3. The number of carbonyl (C=O) groups excluding carboxylic acids is 1. The molecule has 1 aromatic carbocycles. The number of fused-ring (bicyclic) bond motifs is 1. The van der Waals surface area contributed by atoms with Crippen molar-refractivity contribution in [2.45, 2.75) is 6.10 Å². The van der Waals surface area contributed by atoms with Crippen molar-refractivity contribution in [3.8, 4) is 11.5 Å². The van der Waals surface area contributed by atoms with E-state index < -0.39 is 0 Å². The second-order valence-corrected chi connectivity index (χ2v) is 4.93. The number of rotatable bonds is 6. The third-order valence-electron chi connectivity index (χ3n) is 3.27. The number of hydrogen-bond donors (Lipinski definition) is 2. The molecule has 2 aromatic rings. The molecule has 3 rings (SSSR count). The van der Waals surface area contributed by atoms with Crippen LogP contribution in [0.2, 0.25) is 0 Å². The monoisotopic (exact) mass is 302 g/mol. The number of furan rings is 1. The van der Waals surface area contributed by atoms with Crippen molar-refractivity contribution in [1.82, 2.24) is 10.6 Å². The maximum Gasteiger partial charge on any atom is 0.287 e. The summed E-state index contributed by atoms with van der Waals surface area (Å²) < 4.78 is 16.5. The zero-order valence-electron chi connectivity index (χ0n) is 12.1. The van der Waals surface area contributed by atoms with Crippen LogP contribution < -0.4 is 20.1 Å². The Balaban J connectivity index is 1.34. The first-order valence-electron chi connectivity index (χ1n) is 7.24. The second-order valence-electron chi connectivity index (χ2n) is 4.93. The van der Waals surface area contributed by atoms with Gasteiger partial charge in [-0.3, -0.25) is 4.79 Å². The largest absolute Gasteiger partial charge is 0.486 e. The quantitative estimate of drug-likeness (QED) is 0.790. The summed E-state index contributed by atoms with van der Waals surface area (Å²) in [6.07, 6.45) is 1.45. The lowest BCUT2D eigenvalue weighted by atomic mass is 10.2. The van der Waals surface area contributed by atoms with E-state index >= 15 is 0 Å². The van der Waals surface area contributed by atoms with Gasteiger partial charge in [0.15, 0.2) is 17.3 Å². The van der Waals surface area contributed by atoms with Crippen LogP contribution in [0.15, 0.2) is 47.1 Å². The Kier molecular flexibility index (Phi) is 4.60. The van der Waals surface area contributed by atoms with Crippen LogP contribution in [0.5, 0.6) is 11.5 Å². The third kappa shape index (κ3) is 3.59. The molecule has 6 heteroatoms. The molecule has 1 aromatic heterocycles. The van der Waals surface area contributed by atoms with E-state index in [0.29, 0.717) is 32.0 Å². The molecule has 116 valence electrons. The molecule has 1 unspecified atom stereocenters. The highest BCUT2D eigenvalue weighted by atomic mass is 16.6. The Morgan fingerprint density at radius 2 is 2.00 bits per heavy atom. The lowest BCUT2D eigenvalue weighted by Crippen LogP contribution is -2.41. The van der Waals surface area contributed by atoms with E-state index in [4.69, 9.17) is 13.9 Å². The minimum Gasteiger partial charge on any atom is -0.486 e. The second kappa shape index (κ2) is 7.00. The standard InChI is InChI=1S/C16H18N2O4/c19-16(15-6-3-9-20-15)18-8-7-17-10-12-11-21-13-4-1-2-5-14(13)22-12/h1-6,9,12,17H,7-8,10-11H2,(H,18,19). The van der Waals surface area contributed by atoms with Gasteiger partial charge in [-0.25, -0.2) is 0 Å². The summed E-state index contributed by atoms with van der Waals surface area (Å²) in [5, 5.41) is 6.01. The molecule has 0 bridgehead atoms. The van der Waals surface area contributed by atoms with Crippen LogP contribution in [0, 0.1) is 0 Å². The van der Waals surface area contributed by atoms with Gasteiger partial charge in [0.05, 0.1) is 6.26 Å². The molecule has 1 amide bonds. The molecule has 0 radical (unpaired) electrons. The molecule has 1 atom stereocenters. The zero-order valence-corrected chi connectivity index (χ0v) is 12.1. The zero-order chi connectivity index (χ0) is 15.2. The molecule has 1 aliphatic rings. The predicted molar refractivity (Wildman–Crippen MR) is 80.3 cm³/mol. The van der Waals surface area contributed by atoms with Gasteiger partial charge in [0.2, 0.25) is 0 Å². The van der Waals surface area contributed by atoms with Crippen LogP contribution in [-0.2, 0) is 0 Å². The van der Waals surface area contributed by atoms with Gasteiger partial charge in [-0.05, 0) is 24.3 Å². The molecular formula is C16H18N2O4. The molecular weight excluding hydrogens is 284 g/mol. The fraction of sp³-hybridized carbons (Fsp3) is 0.312. The van der Waals surface area contributed by atoms with Gasteiger partial charge in [0, 0.05) is 19.6 Å². The Hall–Kier alpha value is -2.47. The van der Waals surface area contributed by atoms with E-state index in [1.54, 1.807) is 12.1 Å². The van der Waals surface area contributed by atoms with Crippen molar-refractivity contribution < 1.29 is 18.7 Å². The van der Waals surface area contributed by atoms with Gasteiger partial charge < -0.3 is 24.5 Å². The van der Waals surface area contributed by atoms with E-state index in [2.05, 4.69) is 10.6 Å². The van der Waals surface area contributed by atoms with Crippen LogP contribution in [-0.4, -0.2) is 38.3 Å². The van der Waals surface area contributed by atoms with Crippen LogP contribution in [0.25, 0.3) is 0 Å². The first kappa shape index (κ1) is 14.5. The molecule has 0 saturated heterocycles. The van der Waals surface area contributed by atoms with Gasteiger partial charge in [-0.15, -0.1) is 0 Å². The average Bonchev–Trinajstić information content (AvgIpc) is 3.09. The molecule has 22 heavy (non-hydrogen) atoms. The Bertz CT molecular complexity index is 612. The SMILES string of the molecule is O=C(NCCNCC1COc2ccccc2O1)c1ccco1. The van der Waals surface area contributed by atoms with Gasteiger partial charge in [0.25, 0.3) is 5.91 Å². The summed E-state index contributed by atoms with van der Waals surface area (Å²) in [6, 6.07) is 10.9. The number of nitrogens with one attached hydrogen (secondary N) is 2. The van der Waals surface area contributed by atoms with Crippen molar-refractivity contribution in [3.63, 3.8) is 0 Å². The van der Waals surface area contributed by atoms with Crippen LogP contribution in [0.3, 0.4) is 0 Å². The van der Waals surface area contributed by atoms with E-state index in [1.807, 2.05) is 24.3 Å². The maximum absolute atomic E-state index is 11.6. The molecule has 0 spiro atoms. The maximum atomic E-state index is 11.6. The topological polar surface area (TPSA) is 72.7 Å². The van der Waals surface area contributed by atoms with Crippen LogP contribution >= 0.6 is 0 Å². The highest BCUT2D eigenvalue weighted by Gasteiger charge is 2.19. The summed E-state index contributed by atoms with van der Waals surface area (Å²) in [7, 11) is 0. The van der Waals surface area contributed by atoms with E-state index in [9.17, 15) is 4.79 Å². The highest BCUT2D eigenvalue weighted by Crippen LogP contribution is 2.30. The first-order chi connectivity index (χ1) is 10.8. The van der Waals surface area contributed by atoms with Gasteiger partial charge in [-0.2, -0.15) is 0 Å². The van der Waals surface area contributed by atoms with Gasteiger partial charge >= 0.3 is 0 Å². The van der Waals surface area contributed by atoms with Gasteiger partial charge in [0.1, 0.15) is 12.7 Å². The Labute approximate surface area is 128 Å². The summed E-state index contributed by atoms with van der Waals surface area (Å²) >= 11 is 0. The number of amides is 1. The van der Waals surface area contributed by atoms with E-state index in [0.717, 1.165) is 11.5 Å². The van der Waals surface area contributed by atoms with Crippen molar-refractivity contribution in [2.24, 2.45) is 0 Å². The van der Waals surface area contributed by atoms with Crippen LogP contribution in [0.1, 0.15) is 10.6 Å². The fourth-order valence-corrected chi connectivity index (χ4v) is 2.19. The van der Waals surface area contributed by atoms with Crippen molar-refractivity contribution in [1.29, 1.82) is 0 Å². The summed E-state index contributed by atoms with van der Waals surface area (Å²) in [6.45, 7) is 2.34. The molecule has 1 aliphatic heterocycles. The minimum atomic E-state index is -0.210. The third-order valence-corrected chi connectivity index (χ3v) is 3.27. The number of carbonyl (C=O) groups is 1. The minimum absolute atomic E-state index is 0.0318. The van der Waals surface area contributed by atoms with E-state index in [-0.39, 0.29) is 12.0 Å². The molecule has 2 N–H and O–H groups in total. The number of benzene rings is 1. The number of ether oxygens (including phenoxy) is 2. The molecule has 0 saturated carbocycles. The van der Waals surface area contributed by atoms with Crippen molar-refractivity contribution in [2.75, 3.05) is 26.2 Å². The van der Waals surface area contributed by atoms with Crippen LogP contribution in [0.4, 0.5) is 0 Å². The molecule has 2 heterocycles. The lowest BCUT2D eigenvalue weighted by Gasteiger charge is -2.26. The predicted octanol–water partition coefficient (Wildman–Crippen LogP) is 1.44. The fourth-order valence-electron chi connectivity index (χ4n) is 2.19. The van der Waals surface area contributed by atoms with Gasteiger partial charge in [-0.1, -0.05) is 12.1 Å². The summed E-state index contributed by atoms with van der Waals surface area (Å²) in [4.78, 5) is 11.6. The van der Waals surface area contributed by atoms with Crippen molar-refractivity contribution in [3.05, 3.63) is 48.4 Å². The summed E-state index contributed by atoms with van der Waals surface area (Å²) in [5.74, 6) is 1.66. The number of para-hydroxylation sites is 2. The van der Waals surface area contributed by atoms with E-state index in [1.165, 1.54) is 6.26 Å². The Morgan fingerprint density at radius 3 is 2.82 bits per heavy atom. The molecule has 6 nitrogen and oxygen atoms in total.